The molecule has 0 fully saturated rings. The Hall–Kier alpha value is -2.49. The second-order valence-corrected chi connectivity index (χ2v) is 7.47. The van der Waals surface area contributed by atoms with Gasteiger partial charge in [0.15, 0.2) is 5.96 Å². The average Bonchev–Trinajstić information content (AvgIpc) is 2.64. The van der Waals surface area contributed by atoms with Gasteiger partial charge in [-0.15, -0.1) is 24.0 Å². The van der Waals surface area contributed by atoms with Crippen LogP contribution in [-0.2, 0) is 4.74 Å². The van der Waals surface area contributed by atoms with Gasteiger partial charge in [0.05, 0.1) is 0 Å². The third-order valence-corrected chi connectivity index (χ3v) is 3.62. The maximum atomic E-state index is 11.5. The minimum Gasteiger partial charge on any atom is -0.457 e. The highest BCUT2D eigenvalue weighted by atomic mass is 127. The van der Waals surface area contributed by atoms with E-state index < -0.39 is 11.7 Å². The number of alkyl carbamates (subject to hydrolysis) is 1. The first kappa shape index (κ1) is 25.5. The Morgan fingerprint density at radius 2 is 1.73 bits per heavy atom. The molecular formula is C22H31IN4O3. The standard InChI is InChI=1S/C22H30N4O3.HI/c1-22(2,3)29-21(27)25-15-8-7-14-24-20(23)26-17-10-9-13-19(16-17)28-18-11-5-4-6-12-18;/h4-6,9-13,16H,7-8,14-15H2,1-3H3,(H,25,27)(H3,23,24,26);1H. The van der Waals surface area contributed by atoms with Crippen molar-refractivity contribution in [2.45, 2.75) is 39.2 Å². The lowest BCUT2D eigenvalue weighted by Crippen LogP contribution is -2.33. The van der Waals surface area contributed by atoms with Gasteiger partial charge >= 0.3 is 6.09 Å². The summed E-state index contributed by atoms with van der Waals surface area (Å²) in [6.45, 7) is 6.60. The van der Waals surface area contributed by atoms with Crippen molar-refractivity contribution < 1.29 is 14.3 Å². The Balaban J connectivity index is 0.00000450. The van der Waals surface area contributed by atoms with E-state index in [9.17, 15) is 4.79 Å². The third kappa shape index (κ3) is 10.9. The van der Waals surface area contributed by atoms with Crippen molar-refractivity contribution in [3.05, 3.63) is 54.6 Å². The van der Waals surface area contributed by atoms with E-state index in [2.05, 4.69) is 15.6 Å². The highest BCUT2D eigenvalue weighted by Gasteiger charge is 2.15. The third-order valence-electron chi connectivity index (χ3n) is 3.62. The summed E-state index contributed by atoms with van der Waals surface area (Å²) in [7, 11) is 0. The second-order valence-electron chi connectivity index (χ2n) is 7.47. The summed E-state index contributed by atoms with van der Waals surface area (Å²) >= 11 is 0. The number of amides is 1. The van der Waals surface area contributed by atoms with Crippen molar-refractivity contribution in [3.8, 4) is 11.5 Å². The molecule has 2 aromatic carbocycles. The lowest BCUT2D eigenvalue weighted by molar-refractivity contribution is 0.0527. The zero-order valence-corrected chi connectivity index (χ0v) is 20.0. The zero-order chi connectivity index (χ0) is 21.1. The fourth-order valence-corrected chi connectivity index (χ4v) is 2.39. The van der Waals surface area contributed by atoms with Crippen LogP contribution in [0.5, 0.6) is 11.5 Å². The van der Waals surface area contributed by atoms with E-state index >= 15 is 0 Å². The smallest absolute Gasteiger partial charge is 0.407 e. The Kier molecular flexibility index (Phi) is 11.0. The molecule has 0 saturated carbocycles. The van der Waals surface area contributed by atoms with Gasteiger partial charge in [-0.25, -0.2) is 4.79 Å². The zero-order valence-electron chi connectivity index (χ0n) is 17.7. The first-order valence-electron chi connectivity index (χ1n) is 9.68. The molecule has 0 saturated heterocycles. The largest absolute Gasteiger partial charge is 0.457 e. The van der Waals surface area contributed by atoms with E-state index in [-0.39, 0.29) is 24.0 Å². The molecular weight excluding hydrogens is 495 g/mol. The quantitative estimate of drug-likeness (QED) is 0.192. The average molecular weight is 526 g/mol. The molecule has 0 aliphatic heterocycles. The maximum absolute atomic E-state index is 11.5. The molecule has 1 amide bonds. The molecule has 8 heteroatoms. The number of aliphatic imine (C=N–C) groups is 1. The van der Waals surface area contributed by atoms with E-state index in [0.29, 0.717) is 24.8 Å². The lowest BCUT2D eigenvalue weighted by atomic mass is 10.2. The molecule has 0 unspecified atom stereocenters. The summed E-state index contributed by atoms with van der Waals surface area (Å²) in [5.41, 5.74) is 6.26. The van der Waals surface area contributed by atoms with Crippen LogP contribution in [0, 0.1) is 0 Å². The number of nitrogens with one attached hydrogen (secondary N) is 2. The number of hydrogen-bond donors (Lipinski definition) is 3. The van der Waals surface area contributed by atoms with E-state index in [1.165, 1.54) is 0 Å². The Morgan fingerprint density at radius 1 is 1.03 bits per heavy atom. The number of anilines is 1. The lowest BCUT2D eigenvalue weighted by Gasteiger charge is -2.19. The number of carbonyl (C=O) groups is 1. The molecule has 2 rings (SSSR count). The maximum Gasteiger partial charge on any atom is 0.407 e. The molecule has 30 heavy (non-hydrogen) atoms. The van der Waals surface area contributed by atoms with Crippen molar-refractivity contribution in [2.24, 2.45) is 10.7 Å². The van der Waals surface area contributed by atoms with Gasteiger partial charge in [-0.2, -0.15) is 0 Å². The molecule has 0 bridgehead atoms. The van der Waals surface area contributed by atoms with Gasteiger partial charge in [0.25, 0.3) is 0 Å². The topological polar surface area (TPSA) is 98.0 Å². The number of rotatable bonds is 8. The van der Waals surface area contributed by atoms with Crippen LogP contribution in [0.3, 0.4) is 0 Å². The normalized spacial score (nSPS) is 11.2. The molecule has 164 valence electrons. The van der Waals surface area contributed by atoms with Crippen LogP contribution in [-0.4, -0.2) is 30.7 Å². The molecule has 2 aromatic rings. The summed E-state index contributed by atoms with van der Waals surface area (Å²) in [6.07, 6.45) is 1.19. The SMILES string of the molecule is CC(C)(C)OC(=O)NCCCCN=C(N)Nc1cccc(Oc2ccccc2)c1.I. The van der Waals surface area contributed by atoms with E-state index in [4.69, 9.17) is 15.2 Å². The minimum absolute atomic E-state index is 0. The molecule has 0 aliphatic rings. The number of hydrogen-bond acceptors (Lipinski definition) is 4. The Bertz CT molecular complexity index is 808. The van der Waals surface area contributed by atoms with E-state index in [0.717, 1.165) is 24.3 Å². The molecule has 0 radical (unpaired) electrons. The van der Waals surface area contributed by atoms with Gasteiger partial charge in [0.2, 0.25) is 0 Å². The van der Waals surface area contributed by atoms with Crippen molar-refractivity contribution in [3.63, 3.8) is 0 Å². The van der Waals surface area contributed by atoms with Gasteiger partial charge in [0.1, 0.15) is 17.1 Å². The van der Waals surface area contributed by atoms with Crippen LogP contribution in [0.25, 0.3) is 0 Å². The number of guanidine groups is 1. The summed E-state index contributed by atoms with van der Waals surface area (Å²) in [6, 6.07) is 17.1. The van der Waals surface area contributed by atoms with Gasteiger partial charge in [-0.3, -0.25) is 4.99 Å². The first-order valence-corrected chi connectivity index (χ1v) is 9.68. The van der Waals surface area contributed by atoms with Crippen molar-refractivity contribution in [1.29, 1.82) is 0 Å². The first-order chi connectivity index (χ1) is 13.8. The summed E-state index contributed by atoms with van der Waals surface area (Å²) in [4.78, 5) is 15.9. The molecule has 0 spiro atoms. The molecule has 0 aromatic heterocycles. The van der Waals surface area contributed by atoms with Crippen LogP contribution in [0.4, 0.5) is 10.5 Å². The Morgan fingerprint density at radius 3 is 2.43 bits per heavy atom. The summed E-state index contributed by atoms with van der Waals surface area (Å²) in [5, 5.41) is 5.78. The predicted octanol–water partition coefficient (Wildman–Crippen LogP) is 5.13. The number of halogens is 1. The molecule has 0 heterocycles. The highest BCUT2D eigenvalue weighted by molar-refractivity contribution is 14.0. The van der Waals surface area contributed by atoms with Crippen molar-refractivity contribution >= 4 is 41.7 Å². The van der Waals surface area contributed by atoms with Gasteiger partial charge in [-0.1, -0.05) is 24.3 Å². The number of unbranched alkanes of at least 4 members (excludes halogenated alkanes) is 1. The van der Waals surface area contributed by atoms with Crippen LogP contribution >= 0.6 is 24.0 Å². The van der Waals surface area contributed by atoms with Gasteiger partial charge < -0.3 is 25.8 Å². The number of para-hydroxylation sites is 1. The van der Waals surface area contributed by atoms with Crippen LogP contribution in [0.2, 0.25) is 0 Å². The summed E-state index contributed by atoms with van der Waals surface area (Å²) in [5.74, 6) is 1.82. The van der Waals surface area contributed by atoms with Crippen LogP contribution in [0.1, 0.15) is 33.6 Å². The fraction of sp³-hybridized carbons (Fsp3) is 0.364. The predicted molar refractivity (Wildman–Crippen MR) is 132 cm³/mol. The number of carbonyl (C=O) groups excluding carboxylic acids is 1. The molecule has 4 N–H and O–H groups in total. The monoisotopic (exact) mass is 526 g/mol. The van der Waals surface area contributed by atoms with Crippen molar-refractivity contribution in [1.82, 2.24) is 5.32 Å². The highest BCUT2D eigenvalue weighted by Crippen LogP contribution is 2.23. The molecule has 7 nitrogen and oxygen atoms in total. The van der Waals surface area contributed by atoms with Crippen LogP contribution in [0.15, 0.2) is 59.6 Å². The van der Waals surface area contributed by atoms with Crippen molar-refractivity contribution in [2.75, 3.05) is 18.4 Å². The van der Waals surface area contributed by atoms with E-state index in [1.54, 1.807) is 0 Å². The fourth-order valence-electron chi connectivity index (χ4n) is 2.39. The van der Waals surface area contributed by atoms with Crippen LogP contribution < -0.4 is 21.1 Å². The number of ether oxygens (including phenoxy) is 2. The minimum atomic E-state index is -0.488. The molecule has 0 aliphatic carbocycles. The van der Waals surface area contributed by atoms with Gasteiger partial charge in [-0.05, 0) is 57.9 Å². The number of nitrogens with two attached hydrogens (primary N) is 1. The number of nitrogens with zero attached hydrogens (tertiary/aromatic N) is 1. The van der Waals surface area contributed by atoms with Gasteiger partial charge in [0, 0.05) is 24.8 Å². The molecule has 0 atom stereocenters. The number of benzene rings is 2. The second kappa shape index (κ2) is 12.9. The Labute approximate surface area is 195 Å². The summed E-state index contributed by atoms with van der Waals surface area (Å²) < 4.78 is 11.0. The van der Waals surface area contributed by atoms with E-state index in [1.807, 2.05) is 75.4 Å².